The van der Waals surface area contributed by atoms with Gasteiger partial charge in [0.2, 0.25) is 12.6 Å². The van der Waals surface area contributed by atoms with Crippen molar-refractivity contribution in [3.8, 4) is 17.2 Å². The van der Waals surface area contributed by atoms with Crippen molar-refractivity contribution in [3.63, 3.8) is 0 Å². The van der Waals surface area contributed by atoms with Crippen LogP contribution < -0.4 is 19.5 Å². The number of fused-ring (bicyclic) bond motifs is 2. The summed E-state index contributed by atoms with van der Waals surface area (Å²) < 4.78 is 27.3. The van der Waals surface area contributed by atoms with Crippen molar-refractivity contribution >= 4 is 28.5 Å². The Morgan fingerprint density at radius 3 is 2.58 bits per heavy atom. The number of anilines is 1. The summed E-state index contributed by atoms with van der Waals surface area (Å²) >= 11 is 0. The maximum atomic E-state index is 12.8. The molecule has 1 N–H and O–H groups in total. The lowest BCUT2D eigenvalue weighted by Gasteiger charge is -2.08. The number of esters is 1. The van der Waals surface area contributed by atoms with Crippen molar-refractivity contribution in [2.24, 2.45) is 0 Å². The Morgan fingerprint density at radius 1 is 0.909 bits per heavy atom. The van der Waals surface area contributed by atoms with Crippen molar-refractivity contribution in [2.45, 2.75) is 6.61 Å². The van der Waals surface area contributed by atoms with Gasteiger partial charge < -0.3 is 28.7 Å². The molecule has 0 saturated heterocycles. The molecule has 166 valence electrons. The van der Waals surface area contributed by atoms with E-state index in [1.807, 2.05) is 48.5 Å². The summed E-state index contributed by atoms with van der Waals surface area (Å²) in [4.78, 5) is 25.1. The molecule has 8 heteroatoms. The third-order valence-electron chi connectivity index (χ3n) is 5.00. The lowest BCUT2D eigenvalue weighted by Crippen LogP contribution is -2.21. The van der Waals surface area contributed by atoms with Crippen molar-refractivity contribution in [2.75, 3.05) is 18.7 Å². The molecule has 0 saturated carbocycles. The summed E-state index contributed by atoms with van der Waals surface area (Å²) in [7, 11) is 0. The van der Waals surface area contributed by atoms with Crippen LogP contribution >= 0.6 is 0 Å². The first-order valence-electron chi connectivity index (χ1n) is 10.2. The molecule has 1 aliphatic heterocycles. The Balaban J connectivity index is 1.27. The number of carbonyl (C=O) groups excluding carboxylic acids is 2. The number of para-hydroxylation sites is 2. The first-order chi connectivity index (χ1) is 16.2. The third kappa shape index (κ3) is 4.45. The van der Waals surface area contributed by atoms with E-state index in [0.717, 1.165) is 5.39 Å². The van der Waals surface area contributed by atoms with E-state index in [0.29, 0.717) is 34.1 Å². The van der Waals surface area contributed by atoms with Crippen molar-refractivity contribution in [1.82, 2.24) is 0 Å². The molecular formula is C25H19NO7. The largest absolute Gasteiger partial charge is 0.489 e. The molecule has 4 aromatic rings. The number of carbonyl (C=O) groups is 2. The van der Waals surface area contributed by atoms with Crippen molar-refractivity contribution in [3.05, 3.63) is 84.1 Å². The Labute approximate surface area is 188 Å². The number of amides is 1. The second kappa shape index (κ2) is 8.96. The number of hydrogen-bond donors (Lipinski definition) is 1. The van der Waals surface area contributed by atoms with Crippen LogP contribution in [0, 0.1) is 0 Å². The number of benzene rings is 3. The monoisotopic (exact) mass is 445 g/mol. The Hall–Kier alpha value is -4.46. The molecule has 0 atom stereocenters. The minimum atomic E-state index is -0.751. The summed E-state index contributed by atoms with van der Waals surface area (Å²) in [5.74, 6) is 0.553. The van der Waals surface area contributed by atoms with E-state index in [9.17, 15) is 9.59 Å². The predicted octanol–water partition coefficient (Wildman–Crippen LogP) is 4.54. The van der Waals surface area contributed by atoms with Gasteiger partial charge >= 0.3 is 5.97 Å². The molecule has 0 aliphatic carbocycles. The summed E-state index contributed by atoms with van der Waals surface area (Å²) in [6.07, 6.45) is 0. The van der Waals surface area contributed by atoms with E-state index in [-0.39, 0.29) is 19.2 Å². The molecule has 1 aromatic heterocycles. The molecule has 1 amide bonds. The summed E-state index contributed by atoms with van der Waals surface area (Å²) in [6.45, 7) is -0.240. The summed E-state index contributed by atoms with van der Waals surface area (Å²) in [6, 6.07) is 21.5. The van der Waals surface area contributed by atoms with Gasteiger partial charge in [0.1, 0.15) is 17.9 Å². The molecule has 0 spiro atoms. The minimum Gasteiger partial charge on any atom is -0.489 e. The zero-order valence-electron chi connectivity index (χ0n) is 17.4. The average Bonchev–Trinajstić information content (AvgIpc) is 3.46. The van der Waals surface area contributed by atoms with Crippen LogP contribution in [0.1, 0.15) is 16.1 Å². The average molecular weight is 445 g/mol. The first-order valence-corrected chi connectivity index (χ1v) is 10.2. The molecule has 3 aromatic carbocycles. The lowest BCUT2D eigenvalue weighted by molar-refractivity contribution is -0.119. The fraction of sp³-hybridized carbons (Fsp3) is 0.120. The summed E-state index contributed by atoms with van der Waals surface area (Å²) in [5.41, 5.74) is 1.58. The Bertz CT molecular complexity index is 1310. The molecule has 0 radical (unpaired) electrons. The number of ether oxygens (including phenoxy) is 4. The summed E-state index contributed by atoms with van der Waals surface area (Å²) in [5, 5.41) is 3.40. The fourth-order valence-electron chi connectivity index (χ4n) is 3.45. The zero-order valence-corrected chi connectivity index (χ0v) is 17.4. The normalized spacial score (nSPS) is 11.9. The standard InChI is InChI=1S/C25H19NO7/c27-23(26-16-10-11-21-22(12-16)32-15-31-21)14-30-25(28)24-19(13-29-17-6-2-1-3-7-17)18-8-4-5-9-20(18)33-24/h1-12H,13-15H2,(H,26,27). The van der Waals surface area contributed by atoms with Crippen LogP contribution in [-0.2, 0) is 16.1 Å². The van der Waals surface area contributed by atoms with Gasteiger partial charge in [-0.05, 0) is 30.3 Å². The van der Waals surface area contributed by atoms with Gasteiger partial charge in [0, 0.05) is 17.1 Å². The number of nitrogens with one attached hydrogen (secondary N) is 1. The van der Waals surface area contributed by atoms with Gasteiger partial charge in [-0.25, -0.2) is 4.79 Å². The topological polar surface area (TPSA) is 96.2 Å². The van der Waals surface area contributed by atoms with Gasteiger partial charge in [-0.1, -0.05) is 36.4 Å². The van der Waals surface area contributed by atoms with Gasteiger partial charge in [0.25, 0.3) is 5.91 Å². The Morgan fingerprint density at radius 2 is 1.70 bits per heavy atom. The van der Waals surface area contributed by atoms with Gasteiger partial charge in [-0.15, -0.1) is 0 Å². The van der Waals surface area contributed by atoms with E-state index >= 15 is 0 Å². The molecule has 33 heavy (non-hydrogen) atoms. The minimum absolute atomic E-state index is 0.00279. The Kier molecular flexibility index (Phi) is 5.55. The molecule has 0 fully saturated rings. The molecule has 0 bridgehead atoms. The maximum absolute atomic E-state index is 12.8. The predicted molar refractivity (Wildman–Crippen MR) is 118 cm³/mol. The highest BCUT2D eigenvalue weighted by Crippen LogP contribution is 2.34. The highest BCUT2D eigenvalue weighted by Gasteiger charge is 2.23. The van der Waals surface area contributed by atoms with Crippen LogP contribution in [0.3, 0.4) is 0 Å². The smallest absolute Gasteiger partial charge is 0.375 e. The van der Waals surface area contributed by atoms with Crippen LogP contribution in [0.2, 0.25) is 0 Å². The quantitative estimate of drug-likeness (QED) is 0.417. The SMILES string of the molecule is O=C(COC(=O)c1oc2ccccc2c1COc1ccccc1)Nc1ccc2c(c1)OCO2. The van der Waals surface area contributed by atoms with Gasteiger partial charge in [0.15, 0.2) is 18.1 Å². The van der Waals surface area contributed by atoms with Gasteiger partial charge in [0.05, 0.1) is 5.56 Å². The molecule has 2 heterocycles. The van der Waals surface area contributed by atoms with Crippen LogP contribution in [0.4, 0.5) is 5.69 Å². The van der Waals surface area contributed by atoms with Crippen LogP contribution in [-0.4, -0.2) is 25.3 Å². The van der Waals surface area contributed by atoms with Gasteiger partial charge in [-0.3, -0.25) is 4.79 Å². The van der Waals surface area contributed by atoms with E-state index in [1.54, 1.807) is 24.3 Å². The maximum Gasteiger partial charge on any atom is 0.375 e. The van der Waals surface area contributed by atoms with E-state index in [1.165, 1.54) is 0 Å². The second-order valence-electron chi connectivity index (χ2n) is 7.20. The van der Waals surface area contributed by atoms with Crippen LogP contribution in [0.5, 0.6) is 17.2 Å². The van der Waals surface area contributed by atoms with Crippen molar-refractivity contribution < 1.29 is 33.0 Å². The molecule has 1 aliphatic rings. The fourth-order valence-corrected chi connectivity index (χ4v) is 3.45. The number of furan rings is 1. The van der Waals surface area contributed by atoms with E-state index in [2.05, 4.69) is 5.32 Å². The number of rotatable bonds is 7. The molecular weight excluding hydrogens is 426 g/mol. The molecule has 5 rings (SSSR count). The zero-order chi connectivity index (χ0) is 22.6. The van der Waals surface area contributed by atoms with Crippen LogP contribution in [0.25, 0.3) is 11.0 Å². The van der Waals surface area contributed by atoms with Crippen LogP contribution in [0.15, 0.2) is 77.2 Å². The molecule has 8 nitrogen and oxygen atoms in total. The van der Waals surface area contributed by atoms with Gasteiger partial charge in [-0.2, -0.15) is 0 Å². The first kappa shape index (κ1) is 20.4. The highest BCUT2D eigenvalue weighted by atomic mass is 16.7. The number of hydrogen-bond acceptors (Lipinski definition) is 7. The third-order valence-corrected chi connectivity index (χ3v) is 5.00. The molecule has 0 unspecified atom stereocenters. The lowest BCUT2D eigenvalue weighted by atomic mass is 10.1. The van der Waals surface area contributed by atoms with E-state index < -0.39 is 18.5 Å². The second-order valence-corrected chi connectivity index (χ2v) is 7.20. The van der Waals surface area contributed by atoms with Crippen molar-refractivity contribution in [1.29, 1.82) is 0 Å². The van der Waals surface area contributed by atoms with E-state index in [4.69, 9.17) is 23.4 Å². The highest BCUT2D eigenvalue weighted by molar-refractivity contribution is 5.98.